The summed E-state index contributed by atoms with van der Waals surface area (Å²) in [4.78, 5) is 0. The molecule has 0 aromatic carbocycles. The lowest BCUT2D eigenvalue weighted by Gasteiger charge is -2.10. The van der Waals surface area contributed by atoms with E-state index in [9.17, 15) is 12.6 Å². The Morgan fingerprint density at radius 2 is 2.08 bits per heavy atom. The summed E-state index contributed by atoms with van der Waals surface area (Å²) in [6.07, 6.45) is 1.52. The van der Waals surface area contributed by atoms with Gasteiger partial charge in [0.2, 0.25) is 10.0 Å². The summed E-state index contributed by atoms with van der Waals surface area (Å²) in [5.41, 5.74) is 0. The summed E-state index contributed by atoms with van der Waals surface area (Å²) in [5, 5.41) is -0.465. The number of hydrogen-bond acceptors (Lipinski definition) is 3. The minimum Gasteiger partial charge on any atom is -0.260 e. The molecule has 1 N–H and O–H groups in total. The van der Waals surface area contributed by atoms with Crippen molar-refractivity contribution >= 4 is 32.4 Å². The van der Waals surface area contributed by atoms with Crippen LogP contribution in [-0.4, -0.2) is 35.9 Å². The zero-order chi connectivity index (χ0) is 9.78. The van der Waals surface area contributed by atoms with Crippen LogP contribution in [0, 0.1) is 0 Å². The Kier molecular flexibility index (Phi) is 5.31. The molecule has 0 rings (SSSR count). The van der Waals surface area contributed by atoms with Crippen LogP contribution in [0.1, 0.15) is 6.92 Å². The molecular formula is C5H12ClNO3S2. The number of sulfonamides is 1. The summed E-state index contributed by atoms with van der Waals surface area (Å²) >= 11 is 5.15. The third-order valence-corrected chi connectivity index (χ3v) is 3.89. The molecule has 2 unspecified atom stereocenters. The van der Waals surface area contributed by atoms with Crippen molar-refractivity contribution < 1.29 is 12.6 Å². The van der Waals surface area contributed by atoms with Crippen LogP contribution in [0.3, 0.4) is 0 Å². The maximum absolute atomic E-state index is 10.8. The van der Waals surface area contributed by atoms with Gasteiger partial charge in [-0.05, 0) is 6.92 Å². The Hall–Kier alpha value is 0.350. The van der Waals surface area contributed by atoms with Crippen molar-refractivity contribution in [3.05, 3.63) is 0 Å². The number of rotatable bonds is 5. The molecule has 0 aliphatic rings. The topological polar surface area (TPSA) is 63.2 Å². The second-order valence-electron chi connectivity index (χ2n) is 2.48. The Morgan fingerprint density at radius 3 is 2.42 bits per heavy atom. The fourth-order valence-corrected chi connectivity index (χ4v) is 2.57. The standard InChI is InChI=1S/C5H12ClNO3S2/c1-5(3-11(2)8)7-12(9,10)4-6/h5,7H,3-4H2,1-2H3. The highest BCUT2D eigenvalue weighted by molar-refractivity contribution is 7.90. The molecule has 12 heavy (non-hydrogen) atoms. The van der Waals surface area contributed by atoms with Gasteiger partial charge in [-0.15, -0.1) is 11.6 Å². The van der Waals surface area contributed by atoms with Gasteiger partial charge in [0.05, 0.1) is 0 Å². The van der Waals surface area contributed by atoms with Gasteiger partial charge < -0.3 is 0 Å². The third kappa shape index (κ3) is 5.93. The molecule has 74 valence electrons. The van der Waals surface area contributed by atoms with Crippen molar-refractivity contribution in [3.8, 4) is 0 Å². The average Bonchev–Trinajstić information content (AvgIpc) is 1.84. The van der Waals surface area contributed by atoms with Crippen molar-refractivity contribution in [3.63, 3.8) is 0 Å². The van der Waals surface area contributed by atoms with Crippen LogP contribution >= 0.6 is 11.6 Å². The molecule has 0 aromatic rings. The van der Waals surface area contributed by atoms with E-state index >= 15 is 0 Å². The highest BCUT2D eigenvalue weighted by Gasteiger charge is 2.13. The van der Waals surface area contributed by atoms with Gasteiger partial charge in [0.25, 0.3) is 0 Å². The summed E-state index contributed by atoms with van der Waals surface area (Å²) in [6, 6.07) is -0.334. The van der Waals surface area contributed by atoms with Crippen LogP contribution in [0.15, 0.2) is 0 Å². The smallest absolute Gasteiger partial charge is 0.225 e. The predicted molar refractivity (Wildman–Crippen MR) is 51.2 cm³/mol. The number of halogens is 1. The van der Waals surface area contributed by atoms with Gasteiger partial charge in [-0.1, -0.05) is 0 Å². The van der Waals surface area contributed by atoms with Crippen molar-refractivity contribution in [1.29, 1.82) is 0 Å². The zero-order valence-electron chi connectivity index (χ0n) is 6.91. The molecular weight excluding hydrogens is 222 g/mol. The van der Waals surface area contributed by atoms with Crippen LogP contribution < -0.4 is 4.72 Å². The van der Waals surface area contributed by atoms with Crippen LogP contribution in [0.4, 0.5) is 0 Å². The lowest BCUT2D eigenvalue weighted by atomic mass is 10.4. The first-order valence-corrected chi connectivity index (χ1v) is 7.15. The molecule has 7 heteroatoms. The van der Waals surface area contributed by atoms with Gasteiger partial charge in [0.1, 0.15) is 5.21 Å². The Labute approximate surface area is 80.2 Å². The van der Waals surface area contributed by atoms with E-state index in [0.717, 1.165) is 0 Å². The number of hydrogen-bond donors (Lipinski definition) is 1. The van der Waals surface area contributed by atoms with Crippen LogP contribution in [0.2, 0.25) is 0 Å². The molecule has 0 fully saturated rings. The molecule has 0 saturated heterocycles. The van der Waals surface area contributed by atoms with E-state index in [1.165, 1.54) is 6.26 Å². The highest BCUT2D eigenvalue weighted by atomic mass is 35.5. The molecule has 0 aromatic heterocycles. The SMILES string of the molecule is CC(CS(C)=O)NS(=O)(=O)CCl. The van der Waals surface area contributed by atoms with Crippen molar-refractivity contribution in [2.24, 2.45) is 0 Å². The van der Waals surface area contributed by atoms with E-state index in [2.05, 4.69) is 4.72 Å². The quantitative estimate of drug-likeness (QED) is 0.673. The Bertz CT molecular complexity index is 251. The fraction of sp³-hybridized carbons (Fsp3) is 1.00. The molecule has 0 heterocycles. The first-order chi connectivity index (χ1) is 5.37. The van der Waals surface area contributed by atoms with Crippen molar-refractivity contribution in [2.45, 2.75) is 13.0 Å². The molecule has 0 amide bonds. The normalized spacial score (nSPS) is 17.2. The van der Waals surface area contributed by atoms with E-state index < -0.39 is 26.0 Å². The Morgan fingerprint density at radius 1 is 1.58 bits per heavy atom. The van der Waals surface area contributed by atoms with Gasteiger partial charge >= 0.3 is 0 Å². The van der Waals surface area contributed by atoms with E-state index in [1.807, 2.05) is 0 Å². The zero-order valence-corrected chi connectivity index (χ0v) is 9.30. The van der Waals surface area contributed by atoms with E-state index in [1.54, 1.807) is 6.92 Å². The molecule has 0 saturated carbocycles. The largest absolute Gasteiger partial charge is 0.260 e. The second kappa shape index (κ2) is 5.16. The molecule has 0 radical (unpaired) electrons. The molecule has 0 spiro atoms. The Balaban J connectivity index is 4.01. The van der Waals surface area contributed by atoms with E-state index in [-0.39, 0.29) is 6.04 Å². The third-order valence-electron chi connectivity index (χ3n) is 1.01. The average molecular weight is 234 g/mol. The number of alkyl halides is 1. The van der Waals surface area contributed by atoms with Gasteiger partial charge in [-0.25, -0.2) is 13.1 Å². The van der Waals surface area contributed by atoms with E-state index in [4.69, 9.17) is 11.6 Å². The van der Waals surface area contributed by atoms with Crippen LogP contribution in [0.25, 0.3) is 0 Å². The van der Waals surface area contributed by atoms with E-state index in [0.29, 0.717) is 5.75 Å². The van der Waals surface area contributed by atoms with Crippen LogP contribution in [0.5, 0.6) is 0 Å². The molecule has 0 aliphatic heterocycles. The fourth-order valence-electron chi connectivity index (χ4n) is 0.724. The predicted octanol–water partition coefficient (Wildman–Crippen LogP) is -0.131. The maximum Gasteiger partial charge on any atom is 0.225 e. The molecule has 0 bridgehead atoms. The van der Waals surface area contributed by atoms with Gasteiger partial charge in [-0.3, -0.25) is 4.21 Å². The lowest BCUT2D eigenvalue weighted by molar-refractivity contribution is 0.575. The highest BCUT2D eigenvalue weighted by Crippen LogP contribution is 1.93. The summed E-state index contributed by atoms with van der Waals surface area (Å²) in [5.74, 6) is 0.302. The first kappa shape index (κ1) is 12.3. The first-order valence-electron chi connectivity index (χ1n) is 3.23. The maximum atomic E-state index is 10.8. The minimum absolute atomic E-state index is 0.302. The summed E-state index contributed by atoms with van der Waals surface area (Å²) in [7, 11) is -4.39. The minimum atomic E-state index is -3.38. The van der Waals surface area contributed by atoms with Gasteiger partial charge in [0, 0.05) is 28.9 Å². The summed E-state index contributed by atoms with van der Waals surface area (Å²) < 4.78 is 34.7. The van der Waals surface area contributed by atoms with Crippen molar-refractivity contribution in [2.75, 3.05) is 17.2 Å². The molecule has 2 atom stereocenters. The number of nitrogens with one attached hydrogen (secondary N) is 1. The van der Waals surface area contributed by atoms with Gasteiger partial charge in [-0.2, -0.15) is 0 Å². The van der Waals surface area contributed by atoms with Gasteiger partial charge in [0.15, 0.2) is 0 Å². The van der Waals surface area contributed by atoms with Crippen LogP contribution in [-0.2, 0) is 20.8 Å². The lowest BCUT2D eigenvalue weighted by Crippen LogP contribution is -2.36. The second-order valence-corrected chi connectivity index (χ2v) is 6.30. The molecule has 4 nitrogen and oxygen atoms in total. The monoisotopic (exact) mass is 233 g/mol. The van der Waals surface area contributed by atoms with Crippen molar-refractivity contribution in [1.82, 2.24) is 4.72 Å². The molecule has 0 aliphatic carbocycles. The summed E-state index contributed by atoms with van der Waals surface area (Å²) in [6.45, 7) is 1.64.